The standard InChI is InChI=1S/C14H22N4O2/c1-10-7-12(9-13(8-10)17-11(2)19)14(20)18(5-3-15)6-4-16/h7-9H,3-6,15-16H2,1-2H3,(H,17,19). The molecular weight excluding hydrogens is 256 g/mol. The maximum atomic E-state index is 12.4. The molecule has 2 amide bonds. The van der Waals surface area contributed by atoms with Crippen LogP contribution in [0.2, 0.25) is 0 Å². The molecule has 0 radical (unpaired) electrons. The van der Waals surface area contributed by atoms with Crippen LogP contribution >= 0.6 is 0 Å². The number of nitrogens with two attached hydrogens (primary N) is 2. The van der Waals surface area contributed by atoms with Crippen LogP contribution in [0.4, 0.5) is 5.69 Å². The van der Waals surface area contributed by atoms with Crippen molar-refractivity contribution in [2.75, 3.05) is 31.5 Å². The first-order valence-corrected chi connectivity index (χ1v) is 6.56. The van der Waals surface area contributed by atoms with Gasteiger partial charge in [-0.3, -0.25) is 9.59 Å². The quantitative estimate of drug-likeness (QED) is 0.697. The lowest BCUT2D eigenvalue weighted by molar-refractivity contribution is -0.114. The minimum atomic E-state index is -0.172. The zero-order chi connectivity index (χ0) is 15.1. The van der Waals surface area contributed by atoms with Crippen LogP contribution in [-0.2, 0) is 4.79 Å². The molecule has 110 valence electrons. The summed E-state index contributed by atoms with van der Waals surface area (Å²) in [4.78, 5) is 25.1. The Labute approximate surface area is 119 Å². The second-order valence-electron chi connectivity index (χ2n) is 4.64. The first-order valence-electron chi connectivity index (χ1n) is 6.56. The molecule has 1 rings (SSSR count). The summed E-state index contributed by atoms with van der Waals surface area (Å²) in [6.45, 7) is 4.99. The number of nitrogens with one attached hydrogen (secondary N) is 1. The molecule has 0 atom stereocenters. The zero-order valence-electron chi connectivity index (χ0n) is 12.0. The number of rotatable bonds is 6. The zero-order valence-corrected chi connectivity index (χ0v) is 12.0. The van der Waals surface area contributed by atoms with Gasteiger partial charge in [-0.1, -0.05) is 0 Å². The van der Waals surface area contributed by atoms with Gasteiger partial charge >= 0.3 is 0 Å². The van der Waals surface area contributed by atoms with Crippen LogP contribution in [0.5, 0.6) is 0 Å². The molecule has 6 nitrogen and oxygen atoms in total. The predicted octanol–water partition coefficient (Wildman–Crippen LogP) is 0.313. The highest BCUT2D eigenvalue weighted by molar-refractivity contribution is 5.97. The molecule has 5 N–H and O–H groups in total. The van der Waals surface area contributed by atoms with Gasteiger partial charge in [-0.25, -0.2) is 0 Å². The summed E-state index contributed by atoms with van der Waals surface area (Å²) in [5, 5.41) is 2.68. The lowest BCUT2D eigenvalue weighted by atomic mass is 10.1. The number of amides is 2. The van der Waals surface area contributed by atoms with E-state index in [9.17, 15) is 9.59 Å². The summed E-state index contributed by atoms with van der Waals surface area (Å²) in [5.74, 6) is -0.300. The number of nitrogens with zero attached hydrogens (tertiary/aromatic N) is 1. The van der Waals surface area contributed by atoms with Gasteiger partial charge in [0.05, 0.1) is 0 Å². The van der Waals surface area contributed by atoms with E-state index < -0.39 is 0 Å². The highest BCUT2D eigenvalue weighted by Crippen LogP contribution is 2.16. The van der Waals surface area contributed by atoms with Gasteiger partial charge in [0, 0.05) is 44.4 Å². The van der Waals surface area contributed by atoms with Gasteiger partial charge in [0.2, 0.25) is 5.91 Å². The Morgan fingerprint density at radius 3 is 2.25 bits per heavy atom. The fourth-order valence-electron chi connectivity index (χ4n) is 1.99. The molecule has 1 aromatic rings. The van der Waals surface area contributed by atoms with E-state index in [-0.39, 0.29) is 11.8 Å². The van der Waals surface area contributed by atoms with E-state index in [1.165, 1.54) is 6.92 Å². The van der Waals surface area contributed by atoms with Crippen molar-refractivity contribution in [1.29, 1.82) is 0 Å². The molecule has 0 aliphatic rings. The lowest BCUT2D eigenvalue weighted by Gasteiger charge is -2.21. The average Bonchev–Trinajstić information content (AvgIpc) is 2.36. The number of aryl methyl sites for hydroxylation is 1. The number of benzene rings is 1. The van der Waals surface area contributed by atoms with Crippen molar-refractivity contribution in [2.24, 2.45) is 11.5 Å². The first kappa shape index (κ1) is 16.1. The lowest BCUT2D eigenvalue weighted by Crippen LogP contribution is -2.38. The molecule has 0 spiro atoms. The minimum absolute atomic E-state index is 0.129. The SMILES string of the molecule is CC(=O)Nc1cc(C)cc(C(=O)N(CCN)CCN)c1. The molecule has 0 aliphatic carbocycles. The second kappa shape index (κ2) is 7.62. The molecule has 20 heavy (non-hydrogen) atoms. The van der Waals surface area contributed by atoms with Crippen LogP contribution < -0.4 is 16.8 Å². The molecule has 0 saturated carbocycles. The van der Waals surface area contributed by atoms with Gasteiger partial charge in [-0.2, -0.15) is 0 Å². The summed E-state index contributed by atoms with van der Waals surface area (Å²) < 4.78 is 0. The monoisotopic (exact) mass is 278 g/mol. The van der Waals surface area contributed by atoms with E-state index >= 15 is 0 Å². The number of carbonyl (C=O) groups is 2. The maximum absolute atomic E-state index is 12.4. The minimum Gasteiger partial charge on any atom is -0.336 e. The molecule has 0 fully saturated rings. The van der Waals surface area contributed by atoms with E-state index in [0.717, 1.165) is 5.56 Å². The third kappa shape index (κ3) is 4.64. The summed E-state index contributed by atoms with van der Waals surface area (Å²) >= 11 is 0. The van der Waals surface area contributed by atoms with Crippen molar-refractivity contribution >= 4 is 17.5 Å². The second-order valence-corrected chi connectivity index (χ2v) is 4.64. The Hall–Kier alpha value is -1.92. The van der Waals surface area contributed by atoms with Crippen LogP contribution in [0.1, 0.15) is 22.8 Å². The van der Waals surface area contributed by atoms with Crippen LogP contribution in [0.3, 0.4) is 0 Å². The average molecular weight is 278 g/mol. The highest BCUT2D eigenvalue weighted by Gasteiger charge is 2.15. The van der Waals surface area contributed by atoms with E-state index in [1.54, 1.807) is 17.0 Å². The number of anilines is 1. The summed E-state index contributed by atoms with van der Waals surface area (Å²) in [7, 11) is 0. The van der Waals surface area contributed by atoms with E-state index in [1.807, 2.05) is 13.0 Å². The molecule has 0 saturated heterocycles. The van der Waals surface area contributed by atoms with Crippen molar-refractivity contribution in [3.8, 4) is 0 Å². The Morgan fingerprint density at radius 2 is 1.75 bits per heavy atom. The van der Waals surface area contributed by atoms with Crippen molar-refractivity contribution < 1.29 is 9.59 Å². The first-order chi connectivity index (χ1) is 9.47. The van der Waals surface area contributed by atoms with Gasteiger partial charge in [-0.15, -0.1) is 0 Å². The largest absolute Gasteiger partial charge is 0.336 e. The number of carbonyl (C=O) groups excluding carboxylic acids is 2. The Kier molecular flexibility index (Phi) is 6.14. The van der Waals surface area contributed by atoms with Crippen LogP contribution in [0.15, 0.2) is 18.2 Å². The molecule has 1 aromatic carbocycles. The van der Waals surface area contributed by atoms with Gasteiger partial charge in [0.25, 0.3) is 5.91 Å². The topological polar surface area (TPSA) is 101 Å². The van der Waals surface area contributed by atoms with Gasteiger partial charge in [0.1, 0.15) is 0 Å². The van der Waals surface area contributed by atoms with Gasteiger partial charge < -0.3 is 21.7 Å². The van der Waals surface area contributed by atoms with E-state index in [4.69, 9.17) is 11.5 Å². The molecule has 0 heterocycles. The summed E-state index contributed by atoms with van der Waals surface area (Å²) in [6, 6.07) is 5.26. The van der Waals surface area contributed by atoms with Crippen LogP contribution in [0.25, 0.3) is 0 Å². The Bertz CT molecular complexity index is 482. The summed E-state index contributed by atoms with van der Waals surface area (Å²) in [5.41, 5.74) is 13.1. The fraction of sp³-hybridized carbons (Fsp3) is 0.429. The molecule has 6 heteroatoms. The summed E-state index contributed by atoms with van der Waals surface area (Å²) in [6.07, 6.45) is 0. The van der Waals surface area contributed by atoms with Crippen LogP contribution in [-0.4, -0.2) is 42.9 Å². The molecule has 0 aliphatic heterocycles. The molecule has 0 bridgehead atoms. The van der Waals surface area contributed by atoms with Crippen molar-refractivity contribution in [3.05, 3.63) is 29.3 Å². The van der Waals surface area contributed by atoms with Gasteiger partial charge in [-0.05, 0) is 30.7 Å². The fourth-order valence-corrected chi connectivity index (χ4v) is 1.99. The smallest absolute Gasteiger partial charge is 0.254 e. The highest BCUT2D eigenvalue weighted by atomic mass is 16.2. The van der Waals surface area contributed by atoms with Crippen LogP contribution in [0, 0.1) is 6.92 Å². The normalized spacial score (nSPS) is 10.2. The third-order valence-electron chi connectivity index (χ3n) is 2.73. The Morgan fingerprint density at radius 1 is 1.15 bits per heavy atom. The van der Waals surface area contributed by atoms with Crippen molar-refractivity contribution in [3.63, 3.8) is 0 Å². The van der Waals surface area contributed by atoms with Crippen molar-refractivity contribution in [2.45, 2.75) is 13.8 Å². The molecule has 0 unspecified atom stereocenters. The van der Waals surface area contributed by atoms with E-state index in [0.29, 0.717) is 37.4 Å². The van der Waals surface area contributed by atoms with Crippen molar-refractivity contribution in [1.82, 2.24) is 4.90 Å². The van der Waals surface area contributed by atoms with E-state index in [2.05, 4.69) is 5.32 Å². The number of hydrogen-bond donors (Lipinski definition) is 3. The Balaban J connectivity index is 3.01. The molecular formula is C14H22N4O2. The molecule has 0 aromatic heterocycles. The predicted molar refractivity (Wildman–Crippen MR) is 79.5 cm³/mol. The maximum Gasteiger partial charge on any atom is 0.254 e. The third-order valence-corrected chi connectivity index (χ3v) is 2.73. The van der Waals surface area contributed by atoms with Gasteiger partial charge in [0.15, 0.2) is 0 Å². The number of hydrogen-bond acceptors (Lipinski definition) is 4.